The summed E-state index contributed by atoms with van der Waals surface area (Å²) in [5.41, 5.74) is 5.01. The van der Waals surface area contributed by atoms with Crippen molar-refractivity contribution in [3.63, 3.8) is 0 Å². The Balaban J connectivity index is 1.54. The first-order chi connectivity index (χ1) is 12.3. The second kappa shape index (κ2) is 6.76. The third kappa shape index (κ3) is 3.24. The molecule has 0 fully saturated rings. The number of aromatic nitrogens is 5. The van der Waals surface area contributed by atoms with Crippen LogP contribution in [0.25, 0.3) is 16.9 Å². The monoisotopic (exact) mass is 332 g/mol. The Hall–Kier alpha value is -3.15. The molecule has 4 aromatic rings. The van der Waals surface area contributed by atoms with Crippen LogP contribution in [0.4, 0.5) is 5.82 Å². The highest BCUT2D eigenvalue weighted by atomic mass is 15.3. The number of benzene rings is 1. The van der Waals surface area contributed by atoms with Gasteiger partial charge in [-0.15, -0.1) is 0 Å². The molecule has 0 bridgehead atoms. The standard InChI is InChI=1S/C19H20N6/c1-2-6-15-12-19(25-18(22-15)9-10-21-25)20-13-16-11-17(24-23-16)14-7-4-3-5-8-14/h3-5,7-12,20H,2,6,13H2,1H3,(H,23,24). The molecule has 2 N–H and O–H groups in total. The summed E-state index contributed by atoms with van der Waals surface area (Å²) in [4.78, 5) is 4.62. The Bertz CT molecular complexity index is 970. The number of fused-ring (bicyclic) bond motifs is 1. The molecule has 1 aromatic carbocycles. The topological polar surface area (TPSA) is 70.9 Å². The summed E-state index contributed by atoms with van der Waals surface area (Å²) in [6.07, 6.45) is 3.79. The van der Waals surface area contributed by atoms with E-state index in [-0.39, 0.29) is 0 Å². The van der Waals surface area contributed by atoms with Gasteiger partial charge in [0.05, 0.1) is 24.1 Å². The highest BCUT2D eigenvalue weighted by molar-refractivity contribution is 5.59. The van der Waals surface area contributed by atoms with Crippen molar-refractivity contribution in [3.8, 4) is 11.3 Å². The number of aryl methyl sites for hydroxylation is 1. The molecule has 25 heavy (non-hydrogen) atoms. The number of rotatable bonds is 6. The average Bonchev–Trinajstić information content (AvgIpc) is 3.30. The molecule has 0 saturated carbocycles. The summed E-state index contributed by atoms with van der Waals surface area (Å²) in [6, 6.07) is 16.2. The smallest absolute Gasteiger partial charge is 0.157 e. The van der Waals surface area contributed by atoms with E-state index in [1.54, 1.807) is 6.20 Å². The molecule has 6 nitrogen and oxygen atoms in total. The summed E-state index contributed by atoms with van der Waals surface area (Å²) < 4.78 is 1.83. The number of aromatic amines is 1. The van der Waals surface area contributed by atoms with Gasteiger partial charge in [0.15, 0.2) is 5.65 Å². The van der Waals surface area contributed by atoms with Gasteiger partial charge in [-0.3, -0.25) is 5.10 Å². The molecule has 0 spiro atoms. The van der Waals surface area contributed by atoms with Crippen molar-refractivity contribution in [1.82, 2.24) is 24.8 Å². The van der Waals surface area contributed by atoms with Gasteiger partial charge < -0.3 is 5.32 Å². The molecule has 0 unspecified atom stereocenters. The molecule has 126 valence electrons. The number of H-pyrrole nitrogens is 1. The summed E-state index contributed by atoms with van der Waals surface area (Å²) in [7, 11) is 0. The molecule has 4 rings (SSSR count). The number of anilines is 1. The van der Waals surface area contributed by atoms with Gasteiger partial charge >= 0.3 is 0 Å². The minimum Gasteiger partial charge on any atom is -0.364 e. The fraction of sp³-hybridized carbons (Fsp3) is 0.211. The molecule has 0 aliphatic heterocycles. The molecule has 0 aliphatic rings. The lowest BCUT2D eigenvalue weighted by molar-refractivity contribution is 0.853. The maximum absolute atomic E-state index is 4.62. The van der Waals surface area contributed by atoms with E-state index in [0.29, 0.717) is 6.54 Å². The lowest BCUT2D eigenvalue weighted by Crippen LogP contribution is -2.07. The van der Waals surface area contributed by atoms with E-state index in [1.165, 1.54) is 0 Å². The lowest BCUT2D eigenvalue weighted by atomic mass is 10.1. The Morgan fingerprint density at radius 3 is 2.84 bits per heavy atom. The average molecular weight is 332 g/mol. The highest BCUT2D eigenvalue weighted by Crippen LogP contribution is 2.18. The molecule has 0 aliphatic carbocycles. The molecule has 3 heterocycles. The van der Waals surface area contributed by atoms with Crippen LogP contribution in [-0.2, 0) is 13.0 Å². The van der Waals surface area contributed by atoms with E-state index in [0.717, 1.165) is 47.0 Å². The van der Waals surface area contributed by atoms with E-state index in [9.17, 15) is 0 Å². The third-order valence-electron chi connectivity index (χ3n) is 4.08. The first-order valence-electron chi connectivity index (χ1n) is 8.50. The molecule has 0 atom stereocenters. The molecule has 0 amide bonds. The molecule has 6 heteroatoms. The summed E-state index contributed by atoms with van der Waals surface area (Å²) >= 11 is 0. The van der Waals surface area contributed by atoms with Gasteiger partial charge in [-0.1, -0.05) is 43.7 Å². The Morgan fingerprint density at radius 2 is 2.00 bits per heavy atom. The Morgan fingerprint density at radius 1 is 1.12 bits per heavy atom. The van der Waals surface area contributed by atoms with Crippen LogP contribution >= 0.6 is 0 Å². The lowest BCUT2D eigenvalue weighted by Gasteiger charge is -2.09. The van der Waals surface area contributed by atoms with Crippen molar-refractivity contribution >= 4 is 11.5 Å². The van der Waals surface area contributed by atoms with Gasteiger partial charge in [-0.05, 0) is 12.5 Å². The van der Waals surface area contributed by atoms with Crippen molar-refractivity contribution in [3.05, 3.63) is 66.1 Å². The van der Waals surface area contributed by atoms with Crippen molar-refractivity contribution in [2.24, 2.45) is 0 Å². The van der Waals surface area contributed by atoms with E-state index in [1.807, 2.05) is 28.8 Å². The number of hydrogen-bond donors (Lipinski definition) is 2. The van der Waals surface area contributed by atoms with Crippen molar-refractivity contribution in [2.45, 2.75) is 26.3 Å². The zero-order chi connectivity index (χ0) is 17.1. The van der Waals surface area contributed by atoms with E-state index < -0.39 is 0 Å². The van der Waals surface area contributed by atoms with Gasteiger partial charge in [0.2, 0.25) is 0 Å². The zero-order valence-corrected chi connectivity index (χ0v) is 14.1. The number of hydrogen-bond acceptors (Lipinski definition) is 4. The second-order valence-corrected chi connectivity index (χ2v) is 5.98. The van der Waals surface area contributed by atoms with Gasteiger partial charge in [0.25, 0.3) is 0 Å². The van der Waals surface area contributed by atoms with Gasteiger partial charge in [0.1, 0.15) is 5.82 Å². The normalized spacial score (nSPS) is 11.1. The van der Waals surface area contributed by atoms with Crippen LogP contribution in [0.15, 0.2) is 54.7 Å². The predicted octanol–water partition coefficient (Wildman–Crippen LogP) is 3.68. The van der Waals surface area contributed by atoms with Crippen LogP contribution in [0.3, 0.4) is 0 Å². The van der Waals surface area contributed by atoms with Crippen LogP contribution in [0.2, 0.25) is 0 Å². The van der Waals surface area contributed by atoms with Crippen molar-refractivity contribution < 1.29 is 0 Å². The maximum Gasteiger partial charge on any atom is 0.157 e. The molecule has 3 aromatic heterocycles. The van der Waals surface area contributed by atoms with E-state index in [4.69, 9.17) is 0 Å². The maximum atomic E-state index is 4.62. The third-order valence-corrected chi connectivity index (χ3v) is 4.08. The Labute approximate surface area is 145 Å². The minimum atomic E-state index is 0.643. The fourth-order valence-electron chi connectivity index (χ4n) is 2.87. The van der Waals surface area contributed by atoms with Crippen LogP contribution < -0.4 is 5.32 Å². The van der Waals surface area contributed by atoms with Crippen LogP contribution in [0, 0.1) is 0 Å². The molecular weight excluding hydrogens is 312 g/mol. The zero-order valence-electron chi connectivity index (χ0n) is 14.1. The minimum absolute atomic E-state index is 0.643. The summed E-state index contributed by atoms with van der Waals surface area (Å²) in [5, 5.41) is 15.3. The number of nitrogens with zero attached hydrogens (tertiary/aromatic N) is 4. The van der Waals surface area contributed by atoms with Crippen LogP contribution in [0.1, 0.15) is 24.7 Å². The largest absolute Gasteiger partial charge is 0.364 e. The number of nitrogens with one attached hydrogen (secondary N) is 2. The molecule has 0 radical (unpaired) electrons. The first kappa shape index (κ1) is 15.4. The van der Waals surface area contributed by atoms with Gasteiger partial charge in [0, 0.05) is 23.4 Å². The quantitative estimate of drug-likeness (QED) is 0.565. The predicted molar refractivity (Wildman–Crippen MR) is 98.3 cm³/mol. The van der Waals surface area contributed by atoms with Gasteiger partial charge in [-0.2, -0.15) is 14.7 Å². The summed E-state index contributed by atoms with van der Waals surface area (Å²) in [6.45, 7) is 2.80. The first-order valence-corrected chi connectivity index (χ1v) is 8.50. The van der Waals surface area contributed by atoms with Crippen LogP contribution in [-0.4, -0.2) is 24.8 Å². The van der Waals surface area contributed by atoms with Crippen molar-refractivity contribution in [2.75, 3.05) is 5.32 Å². The SMILES string of the molecule is CCCc1cc(NCc2cc(-c3ccccc3)n[nH]2)n2nccc2n1. The van der Waals surface area contributed by atoms with Crippen LogP contribution in [0.5, 0.6) is 0 Å². The second-order valence-electron chi connectivity index (χ2n) is 5.98. The molecular formula is C19H20N6. The van der Waals surface area contributed by atoms with E-state index in [2.05, 4.69) is 56.8 Å². The highest BCUT2D eigenvalue weighted by Gasteiger charge is 2.08. The fourth-order valence-corrected chi connectivity index (χ4v) is 2.87. The Kier molecular flexibility index (Phi) is 4.16. The van der Waals surface area contributed by atoms with Crippen molar-refractivity contribution in [1.29, 1.82) is 0 Å². The van der Waals surface area contributed by atoms with Gasteiger partial charge in [-0.25, -0.2) is 4.98 Å². The summed E-state index contributed by atoms with van der Waals surface area (Å²) in [5.74, 6) is 0.939. The van der Waals surface area contributed by atoms with E-state index >= 15 is 0 Å². The molecule has 0 saturated heterocycles.